The van der Waals surface area contributed by atoms with Crippen molar-refractivity contribution in [1.29, 1.82) is 0 Å². The van der Waals surface area contributed by atoms with Crippen LogP contribution < -0.4 is 15.5 Å². The lowest BCUT2D eigenvalue weighted by molar-refractivity contribution is 0.102. The predicted molar refractivity (Wildman–Crippen MR) is 111 cm³/mol. The molecule has 29 heavy (non-hydrogen) atoms. The van der Waals surface area contributed by atoms with E-state index in [4.69, 9.17) is 4.74 Å². The van der Waals surface area contributed by atoms with E-state index in [2.05, 4.69) is 20.5 Å². The number of rotatable bonds is 5. The van der Waals surface area contributed by atoms with Gasteiger partial charge in [-0.05, 0) is 36.4 Å². The van der Waals surface area contributed by atoms with Crippen molar-refractivity contribution in [3.8, 4) is 0 Å². The second kappa shape index (κ2) is 8.70. The molecular weight excluding hydrogens is 371 g/mol. The molecule has 0 spiro atoms. The first-order valence-corrected chi connectivity index (χ1v) is 9.41. The summed E-state index contributed by atoms with van der Waals surface area (Å²) in [5.41, 5.74) is 2.92. The minimum absolute atomic E-state index is 0.279. The van der Waals surface area contributed by atoms with Gasteiger partial charge in [0.05, 0.1) is 42.2 Å². The zero-order chi connectivity index (χ0) is 20.1. The molecule has 2 heterocycles. The lowest BCUT2D eigenvalue weighted by Crippen LogP contribution is -2.36. The van der Waals surface area contributed by atoms with Gasteiger partial charge >= 0.3 is 0 Å². The highest BCUT2D eigenvalue weighted by atomic mass is 19.1. The Kier molecular flexibility index (Phi) is 5.67. The normalized spacial score (nSPS) is 13.8. The first-order valence-electron chi connectivity index (χ1n) is 9.41. The molecule has 0 radical (unpaired) electrons. The molecular formula is C22H21FN4O2. The molecule has 0 unspecified atom stereocenters. The molecule has 4 rings (SSSR count). The van der Waals surface area contributed by atoms with Gasteiger partial charge in [-0.3, -0.25) is 4.79 Å². The quantitative estimate of drug-likeness (QED) is 0.686. The number of ether oxygens (including phenoxy) is 1. The third kappa shape index (κ3) is 4.52. The van der Waals surface area contributed by atoms with Crippen molar-refractivity contribution in [1.82, 2.24) is 4.98 Å². The topological polar surface area (TPSA) is 66.5 Å². The highest BCUT2D eigenvalue weighted by Crippen LogP contribution is 2.27. The number of nitrogens with zero attached hydrogens (tertiary/aromatic N) is 2. The number of nitrogens with one attached hydrogen (secondary N) is 2. The summed E-state index contributed by atoms with van der Waals surface area (Å²) >= 11 is 0. The van der Waals surface area contributed by atoms with E-state index in [9.17, 15) is 9.18 Å². The van der Waals surface area contributed by atoms with Gasteiger partial charge in [0.1, 0.15) is 11.5 Å². The third-order valence-corrected chi connectivity index (χ3v) is 4.65. The maximum absolute atomic E-state index is 13.8. The summed E-state index contributed by atoms with van der Waals surface area (Å²) in [6, 6.07) is 17.4. The number of amides is 1. The maximum atomic E-state index is 13.8. The molecule has 1 amide bonds. The first kappa shape index (κ1) is 18.9. The van der Waals surface area contributed by atoms with Crippen molar-refractivity contribution in [3.05, 3.63) is 78.4 Å². The van der Waals surface area contributed by atoms with Crippen molar-refractivity contribution < 1.29 is 13.9 Å². The number of para-hydroxylation sites is 3. The molecule has 7 heteroatoms. The third-order valence-electron chi connectivity index (χ3n) is 4.65. The lowest BCUT2D eigenvalue weighted by Gasteiger charge is -2.30. The van der Waals surface area contributed by atoms with E-state index in [1.165, 1.54) is 12.3 Å². The van der Waals surface area contributed by atoms with Crippen LogP contribution in [0.3, 0.4) is 0 Å². The summed E-state index contributed by atoms with van der Waals surface area (Å²) in [6.07, 6.45) is 1.51. The number of anilines is 4. The molecule has 1 aliphatic heterocycles. The Hall–Kier alpha value is -3.45. The number of hydrogen-bond acceptors (Lipinski definition) is 5. The summed E-state index contributed by atoms with van der Waals surface area (Å²) in [4.78, 5) is 19.1. The molecule has 2 aromatic carbocycles. The molecule has 0 saturated carbocycles. The molecule has 1 aromatic heterocycles. The summed E-state index contributed by atoms with van der Waals surface area (Å²) in [6.45, 7) is 2.89. The van der Waals surface area contributed by atoms with Crippen LogP contribution in [-0.2, 0) is 4.74 Å². The fraction of sp³-hybridized carbons (Fsp3) is 0.182. The Balaban J connectivity index is 1.46. The lowest BCUT2D eigenvalue weighted by atomic mass is 10.2. The van der Waals surface area contributed by atoms with Crippen molar-refractivity contribution in [3.63, 3.8) is 0 Å². The molecule has 1 saturated heterocycles. The Morgan fingerprint density at radius 1 is 0.966 bits per heavy atom. The molecule has 2 N–H and O–H groups in total. The maximum Gasteiger partial charge on any atom is 0.274 e. The van der Waals surface area contributed by atoms with Gasteiger partial charge in [0.25, 0.3) is 5.91 Å². The van der Waals surface area contributed by atoms with Crippen LogP contribution in [0.15, 0.2) is 66.9 Å². The van der Waals surface area contributed by atoms with Gasteiger partial charge in [0.15, 0.2) is 0 Å². The number of halogens is 1. The summed E-state index contributed by atoms with van der Waals surface area (Å²) in [5, 5.41) is 5.89. The van der Waals surface area contributed by atoms with Crippen LogP contribution in [0.4, 0.5) is 27.1 Å². The fourth-order valence-electron chi connectivity index (χ4n) is 3.17. The number of hydrogen-bond donors (Lipinski definition) is 2. The standard InChI is InChI=1S/C22H21FN4O2/c23-17-5-1-2-6-18(17)25-16-9-10-20(24-15-16)22(28)26-19-7-3-4-8-21(19)27-11-13-29-14-12-27/h1-10,15,25H,11-14H2,(H,26,28). The van der Waals surface area contributed by atoms with Gasteiger partial charge in [0.2, 0.25) is 0 Å². The zero-order valence-corrected chi connectivity index (χ0v) is 15.8. The Morgan fingerprint density at radius 3 is 2.41 bits per heavy atom. The molecule has 1 fully saturated rings. The Morgan fingerprint density at radius 2 is 1.69 bits per heavy atom. The van der Waals surface area contributed by atoms with E-state index < -0.39 is 0 Å². The van der Waals surface area contributed by atoms with Gasteiger partial charge in [-0.1, -0.05) is 24.3 Å². The largest absolute Gasteiger partial charge is 0.378 e. The fourth-order valence-corrected chi connectivity index (χ4v) is 3.17. The van der Waals surface area contributed by atoms with E-state index in [-0.39, 0.29) is 17.4 Å². The number of morpholine rings is 1. The summed E-state index contributed by atoms with van der Waals surface area (Å²) in [5.74, 6) is -0.655. The first-order chi connectivity index (χ1) is 14.2. The van der Waals surface area contributed by atoms with Crippen LogP contribution in [0.2, 0.25) is 0 Å². The van der Waals surface area contributed by atoms with E-state index in [0.29, 0.717) is 24.6 Å². The molecule has 0 bridgehead atoms. The number of carbonyl (C=O) groups is 1. The van der Waals surface area contributed by atoms with Gasteiger partial charge in [-0.25, -0.2) is 9.37 Å². The van der Waals surface area contributed by atoms with Crippen LogP contribution in [0, 0.1) is 5.82 Å². The number of benzene rings is 2. The molecule has 148 valence electrons. The minimum Gasteiger partial charge on any atom is -0.378 e. The smallest absolute Gasteiger partial charge is 0.274 e. The number of aromatic nitrogens is 1. The minimum atomic E-state index is -0.353. The number of pyridine rings is 1. The van der Waals surface area contributed by atoms with E-state index in [1.54, 1.807) is 30.3 Å². The van der Waals surface area contributed by atoms with Crippen molar-refractivity contribution in [2.75, 3.05) is 41.8 Å². The van der Waals surface area contributed by atoms with Crippen molar-refractivity contribution in [2.24, 2.45) is 0 Å². The Bertz CT molecular complexity index is 988. The van der Waals surface area contributed by atoms with Crippen LogP contribution in [-0.4, -0.2) is 37.2 Å². The zero-order valence-electron chi connectivity index (χ0n) is 15.8. The van der Waals surface area contributed by atoms with Crippen LogP contribution >= 0.6 is 0 Å². The highest BCUT2D eigenvalue weighted by molar-refractivity contribution is 6.04. The van der Waals surface area contributed by atoms with E-state index in [1.807, 2.05) is 24.3 Å². The Labute approximate surface area is 168 Å². The average molecular weight is 392 g/mol. The molecule has 0 atom stereocenters. The SMILES string of the molecule is O=C(Nc1ccccc1N1CCOCC1)c1ccc(Nc2ccccc2F)cn1. The summed E-state index contributed by atoms with van der Waals surface area (Å²) < 4.78 is 19.2. The van der Waals surface area contributed by atoms with Crippen LogP contribution in [0.1, 0.15) is 10.5 Å². The van der Waals surface area contributed by atoms with Gasteiger partial charge in [0, 0.05) is 13.1 Å². The van der Waals surface area contributed by atoms with Gasteiger partial charge < -0.3 is 20.3 Å². The average Bonchev–Trinajstić information content (AvgIpc) is 2.77. The van der Waals surface area contributed by atoms with E-state index >= 15 is 0 Å². The second-order valence-corrected chi connectivity index (χ2v) is 6.61. The van der Waals surface area contributed by atoms with Crippen molar-refractivity contribution >= 4 is 28.7 Å². The van der Waals surface area contributed by atoms with Crippen LogP contribution in [0.5, 0.6) is 0 Å². The molecule has 1 aliphatic rings. The van der Waals surface area contributed by atoms with Gasteiger partial charge in [-0.15, -0.1) is 0 Å². The molecule has 3 aromatic rings. The van der Waals surface area contributed by atoms with Crippen molar-refractivity contribution in [2.45, 2.75) is 0 Å². The second-order valence-electron chi connectivity index (χ2n) is 6.61. The molecule has 6 nitrogen and oxygen atoms in total. The predicted octanol–water partition coefficient (Wildman–Crippen LogP) is 4.05. The van der Waals surface area contributed by atoms with E-state index in [0.717, 1.165) is 24.5 Å². The van der Waals surface area contributed by atoms with Gasteiger partial charge in [-0.2, -0.15) is 0 Å². The summed E-state index contributed by atoms with van der Waals surface area (Å²) in [7, 11) is 0. The van der Waals surface area contributed by atoms with Crippen LogP contribution in [0.25, 0.3) is 0 Å². The highest BCUT2D eigenvalue weighted by Gasteiger charge is 2.16. The molecule has 0 aliphatic carbocycles. The monoisotopic (exact) mass is 392 g/mol. The number of carbonyl (C=O) groups excluding carboxylic acids is 1.